The Morgan fingerprint density at radius 2 is 2.09 bits per heavy atom. The highest BCUT2D eigenvalue weighted by Crippen LogP contribution is 2.36. The summed E-state index contributed by atoms with van der Waals surface area (Å²) >= 11 is 0. The van der Waals surface area contributed by atoms with E-state index >= 15 is 0 Å². The van der Waals surface area contributed by atoms with Crippen LogP contribution < -0.4 is 5.32 Å². The van der Waals surface area contributed by atoms with E-state index in [0.717, 1.165) is 24.7 Å². The lowest BCUT2D eigenvalue weighted by molar-refractivity contribution is 0.0690. The number of carboxylic acids is 1. The van der Waals surface area contributed by atoms with Crippen LogP contribution in [0.3, 0.4) is 0 Å². The predicted octanol–water partition coefficient (Wildman–Crippen LogP) is 2.48. The van der Waals surface area contributed by atoms with Crippen molar-refractivity contribution in [3.8, 4) is 0 Å². The summed E-state index contributed by atoms with van der Waals surface area (Å²) in [5.74, 6) is 0.614. The molecule has 0 aliphatic heterocycles. The zero-order valence-corrected chi connectivity index (χ0v) is 13.4. The maximum Gasteiger partial charge on any atom is 0.358 e. The summed E-state index contributed by atoms with van der Waals surface area (Å²) in [4.78, 5) is 11.0. The van der Waals surface area contributed by atoms with Gasteiger partial charge in [-0.1, -0.05) is 31.9 Å². The first-order chi connectivity index (χ1) is 10.5. The lowest BCUT2D eigenvalue weighted by atomic mass is 9.73. The first kappa shape index (κ1) is 15.5. The summed E-state index contributed by atoms with van der Waals surface area (Å²) < 4.78 is 1.76. The van der Waals surface area contributed by atoms with Gasteiger partial charge in [0.15, 0.2) is 5.69 Å². The molecule has 2 fully saturated rings. The van der Waals surface area contributed by atoms with Crippen LogP contribution in [0.4, 0.5) is 0 Å². The number of nitrogens with zero attached hydrogens (tertiary/aromatic N) is 3. The van der Waals surface area contributed by atoms with Gasteiger partial charge in [-0.15, -0.1) is 5.10 Å². The van der Waals surface area contributed by atoms with Crippen molar-refractivity contribution in [3.05, 3.63) is 11.9 Å². The highest BCUT2D eigenvalue weighted by Gasteiger charge is 2.35. The van der Waals surface area contributed by atoms with E-state index in [1.165, 1.54) is 25.7 Å². The Balaban J connectivity index is 1.62. The number of hydrogen-bond donors (Lipinski definition) is 2. The number of nitrogens with one attached hydrogen (secondary N) is 1. The normalized spacial score (nSPS) is 32.0. The van der Waals surface area contributed by atoms with Gasteiger partial charge in [-0.3, -0.25) is 0 Å². The minimum Gasteiger partial charge on any atom is -0.476 e. The molecular weight excluding hydrogens is 280 g/mol. The monoisotopic (exact) mass is 306 g/mol. The van der Waals surface area contributed by atoms with Crippen LogP contribution in [0.2, 0.25) is 0 Å². The number of aromatic carboxylic acids is 1. The predicted molar refractivity (Wildman–Crippen MR) is 82.8 cm³/mol. The van der Waals surface area contributed by atoms with Crippen molar-refractivity contribution in [2.75, 3.05) is 0 Å². The zero-order valence-electron chi connectivity index (χ0n) is 13.4. The standard InChI is InChI=1S/C16H26N4O2/c1-10(2)11-7-12(8-11)17-13-5-3-4-6-15(13)20-9-14(16(21)22)18-19-20/h9-13,15,17H,3-8H2,1-2H3,(H,21,22)/t11?,12?,13-,15+/m1/s1. The molecular formula is C16H26N4O2. The van der Waals surface area contributed by atoms with Crippen molar-refractivity contribution in [1.82, 2.24) is 20.3 Å². The Morgan fingerprint density at radius 1 is 1.36 bits per heavy atom. The van der Waals surface area contributed by atoms with Crippen LogP contribution in [0.25, 0.3) is 0 Å². The van der Waals surface area contributed by atoms with E-state index in [1.54, 1.807) is 10.9 Å². The number of carbonyl (C=O) groups is 1. The third-order valence-corrected chi connectivity index (χ3v) is 5.37. The Morgan fingerprint density at radius 3 is 2.73 bits per heavy atom. The molecule has 0 saturated heterocycles. The Bertz CT molecular complexity index is 522. The van der Waals surface area contributed by atoms with E-state index in [4.69, 9.17) is 5.11 Å². The van der Waals surface area contributed by atoms with Gasteiger partial charge in [0.05, 0.1) is 12.2 Å². The molecule has 2 aliphatic carbocycles. The summed E-state index contributed by atoms with van der Waals surface area (Å²) in [6.07, 6.45) is 8.68. The van der Waals surface area contributed by atoms with Gasteiger partial charge in [-0.2, -0.15) is 0 Å². The van der Waals surface area contributed by atoms with Crippen LogP contribution in [0.5, 0.6) is 0 Å². The number of rotatable bonds is 5. The highest BCUT2D eigenvalue weighted by atomic mass is 16.4. The first-order valence-electron chi connectivity index (χ1n) is 8.45. The fourth-order valence-corrected chi connectivity index (χ4v) is 3.80. The van der Waals surface area contributed by atoms with Crippen LogP contribution in [0.15, 0.2) is 6.20 Å². The van der Waals surface area contributed by atoms with E-state index in [9.17, 15) is 4.79 Å². The quantitative estimate of drug-likeness (QED) is 0.873. The number of aromatic nitrogens is 3. The molecule has 0 bridgehead atoms. The molecule has 6 heteroatoms. The molecule has 0 amide bonds. The fourth-order valence-electron chi connectivity index (χ4n) is 3.80. The van der Waals surface area contributed by atoms with Gasteiger partial charge in [0.1, 0.15) is 0 Å². The lowest BCUT2D eigenvalue weighted by Crippen LogP contribution is -2.51. The average molecular weight is 306 g/mol. The maximum absolute atomic E-state index is 11.0. The molecule has 1 aromatic heterocycles. The molecule has 0 radical (unpaired) electrons. The Hall–Kier alpha value is -1.43. The van der Waals surface area contributed by atoms with E-state index in [2.05, 4.69) is 29.5 Å². The third kappa shape index (κ3) is 3.16. The van der Waals surface area contributed by atoms with E-state index in [1.807, 2.05) is 0 Å². The minimum atomic E-state index is -1.01. The molecule has 2 atom stereocenters. The van der Waals surface area contributed by atoms with Gasteiger partial charge in [0, 0.05) is 12.1 Å². The molecule has 2 saturated carbocycles. The average Bonchev–Trinajstić information content (AvgIpc) is 2.92. The molecule has 2 N–H and O–H groups in total. The van der Waals surface area contributed by atoms with Gasteiger partial charge in [0.2, 0.25) is 0 Å². The fraction of sp³-hybridized carbons (Fsp3) is 0.812. The third-order valence-electron chi connectivity index (χ3n) is 5.37. The van der Waals surface area contributed by atoms with Crippen LogP contribution >= 0.6 is 0 Å². The summed E-state index contributed by atoms with van der Waals surface area (Å²) in [5, 5.41) is 20.6. The summed E-state index contributed by atoms with van der Waals surface area (Å²) in [6, 6.07) is 1.23. The van der Waals surface area contributed by atoms with Crippen molar-refractivity contribution in [2.24, 2.45) is 11.8 Å². The molecule has 3 rings (SSSR count). The van der Waals surface area contributed by atoms with Gasteiger partial charge >= 0.3 is 5.97 Å². The lowest BCUT2D eigenvalue weighted by Gasteiger charge is -2.43. The highest BCUT2D eigenvalue weighted by molar-refractivity contribution is 5.84. The summed E-state index contributed by atoms with van der Waals surface area (Å²) in [5.41, 5.74) is 0.0350. The van der Waals surface area contributed by atoms with Crippen LogP contribution in [0, 0.1) is 11.8 Å². The second-order valence-corrected chi connectivity index (χ2v) is 7.19. The molecule has 2 aliphatic rings. The van der Waals surface area contributed by atoms with Crippen molar-refractivity contribution in [2.45, 2.75) is 70.5 Å². The van der Waals surface area contributed by atoms with Gasteiger partial charge in [-0.05, 0) is 37.5 Å². The molecule has 1 heterocycles. The second kappa shape index (κ2) is 6.36. The van der Waals surface area contributed by atoms with Crippen molar-refractivity contribution in [1.29, 1.82) is 0 Å². The molecule has 6 nitrogen and oxygen atoms in total. The molecule has 0 spiro atoms. The first-order valence-corrected chi connectivity index (χ1v) is 8.45. The van der Waals surface area contributed by atoms with Crippen molar-refractivity contribution >= 4 is 5.97 Å². The molecule has 1 aromatic rings. The maximum atomic E-state index is 11.0. The van der Waals surface area contributed by atoms with Crippen molar-refractivity contribution in [3.63, 3.8) is 0 Å². The Labute approximate surface area is 131 Å². The molecule has 0 unspecified atom stereocenters. The number of hydrogen-bond acceptors (Lipinski definition) is 4. The largest absolute Gasteiger partial charge is 0.476 e. The summed E-state index contributed by atoms with van der Waals surface area (Å²) in [7, 11) is 0. The van der Waals surface area contributed by atoms with Crippen LogP contribution in [-0.4, -0.2) is 38.2 Å². The summed E-state index contributed by atoms with van der Waals surface area (Å²) in [6.45, 7) is 4.60. The second-order valence-electron chi connectivity index (χ2n) is 7.19. The Kier molecular flexibility index (Phi) is 4.47. The number of carboxylic acid groups (broad SMARTS) is 1. The van der Waals surface area contributed by atoms with E-state index < -0.39 is 5.97 Å². The smallest absolute Gasteiger partial charge is 0.358 e. The topological polar surface area (TPSA) is 80.0 Å². The van der Waals surface area contributed by atoms with Gasteiger partial charge in [-0.25, -0.2) is 9.48 Å². The molecule has 0 aromatic carbocycles. The van der Waals surface area contributed by atoms with Gasteiger partial charge < -0.3 is 10.4 Å². The van der Waals surface area contributed by atoms with E-state index in [-0.39, 0.29) is 11.7 Å². The zero-order chi connectivity index (χ0) is 15.7. The molecule has 122 valence electrons. The van der Waals surface area contributed by atoms with Crippen LogP contribution in [0.1, 0.15) is 68.9 Å². The SMILES string of the molecule is CC(C)C1CC(N[C@@H]2CCCC[C@@H]2n2cc(C(=O)O)nn2)C1. The van der Waals surface area contributed by atoms with Gasteiger partial charge in [0.25, 0.3) is 0 Å². The van der Waals surface area contributed by atoms with Crippen LogP contribution in [-0.2, 0) is 0 Å². The minimum absolute atomic E-state index is 0.0350. The van der Waals surface area contributed by atoms with E-state index in [0.29, 0.717) is 12.1 Å². The van der Waals surface area contributed by atoms with Crippen molar-refractivity contribution < 1.29 is 9.90 Å². The molecule has 22 heavy (non-hydrogen) atoms.